The number of carbonyl (C=O) groups is 1. The van der Waals surface area contributed by atoms with Crippen molar-refractivity contribution in [2.75, 3.05) is 12.3 Å². The van der Waals surface area contributed by atoms with Crippen LogP contribution in [0.1, 0.15) is 29.1 Å². The molecule has 5 nitrogen and oxygen atoms in total. The summed E-state index contributed by atoms with van der Waals surface area (Å²) in [5.41, 5.74) is 8.55. The summed E-state index contributed by atoms with van der Waals surface area (Å²) in [6.45, 7) is 4.15. The molecule has 0 atom stereocenters. The van der Waals surface area contributed by atoms with E-state index >= 15 is 0 Å². The van der Waals surface area contributed by atoms with Gasteiger partial charge >= 0.3 is 5.97 Å². The van der Waals surface area contributed by atoms with Crippen LogP contribution < -0.4 is 5.73 Å². The van der Waals surface area contributed by atoms with Gasteiger partial charge in [0.05, 0.1) is 12.3 Å². The summed E-state index contributed by atoms with van der Waals surface area (Å²) in [6.07, 6.45) is 0.826. The number of nitrogens with two attached hydrogens (primary N) is 1. The second-order valence-corrected chi connectivity index (χ2v) is 6.60. The molecule has 1 aromatic carbocycles. The summed E-state index contributed by atoms with van der Waals surface area (Å²) >= 11 is 7.41. The van der Waals surface area contributed by atoms with E-state index in [0.717, 1.165) is 22.9 Å². The predicted octanol–water partition coefficient (Wildman–Crippen LogP) is 4.33. The monoisotopic (exact) mass is 361 g/mol. The Bertz CT molecular complexity index is 924. The van der Waals surface area contributed by atoms with Crippen LogP contribution >= 0.6 is 22.9 Å². The molecule has 0 radical (unpaired) electrons. The molecule has 124 valence electrons. The lowest BCUT2D eigenvalue weighted by atomic mass is 10.0. The van der Waals surface area contributed by atoms with Crippen molar-refractivity contribution in [2.45, 2.75) is 20.3 Å². The Morgan fingerprint density at radius 3 is 2.79 bits per heavy atom. The molecular weight excluding hydrogens is 346 g/mol. The molecule has 3 aromatic rings. The number of carbonyl (C=O) groups excluding carboxylic acids is 1. The Hall–Kier alpha value is -2.18. The van der Waals surface area contributed by atoms with Gasteiger partial charge in [0.1, 0.15) is 9.71 Å². The van der Waals surface area contributed by atoms with Crippen LogP contribution in [0.5, 0.6) is 0 Å². The Labute approximate surface area is 148 Å². The number of benzene rings is 1. The van der Waals surface area contributed by atoms with Gasteiger partial charge in [-0.2, -0.15) is 0 Å². The SMILES string of the molecule is CCOC(=O)c1cc2c(-c3cc(Cl)ccc3CC)nc(N)nc2s1. The summed E-state index contributed by atoms with van der Waals surface area (Å²) < 4.78 is 5.07. The lowest BCUT2D eigenvalue weighted by Gasteiger charge is -2.09. The van der Waals surface area contributed by atoms with E-state index in [2.05, 4.69) is 16.9 Å². The fourth-order valence-electron chi connectivity index (χ4n) is 2.52. The van der Waals surface area contributed by atoms with Crippen LogP contribution in [0, 0.1) is 0 Å². The average Bonchev–Trinajstić information content (AvgIpc) is 2.98. The van der Waals surface area contributed by atoms with Crippen molar-refractivity contribution in [3.63, 3.8) is 0 Å². The van der Waals surface area contributed by atoms with Crippen LogP contribution in [-0.4, -0.2) is 22.5 Å². The largest absolute Gasteiger partial charge is 0.462 e. The Morgan fingerprint density at radius 2 is 2.08 bits per heavy atom. The highest BCUT2D eigenvalue weighted by Crippen LogP contribution is 2.35. The standard InChI is InChI=1S/C17H16ClN3O2S/c1-3-9-5-6-10(18)7-11(9)14-12-8-13(16(22)23-4-2)24-15(12)21-17(19)20-14/h5-8H,3-4H2,1-2H3,(H2,19,20,21). The molecule has 0 bridgehead atoms. The first-order chi connectivity index (χ1) is 11.5. The van der Waals surface area contributed by atoms with Crippen LogP contribution in [0.25, 0.3) is 21.5 Å². The zero-order chi connectivity index (χ0) is 17.3. The molecule has 0 aliphatic heterocycles. The minimum Gasteiger partial charge on any atom is -0.462 e. The second-order valence-electron chi connectivity index (χ2n) is 5.14. The van der Waals surface area contributed by atoms with Gasteiger partial charge in [-0.3, -0.25) is 0 Å². The van der Waals surface area contributed by atoms with Gasteiger partial charge in [-0.15, -0.1) is 11.3 Å². The number of hydrogen-bond acceptors (Lipinski definition) is 6. The molecule has 3 rings (SSSR count). The number of ether oxygens (including phenoxy) is 1. The second kappa shape index (κ2) is 6.75. The first-order valence-electron chi connectivity index (χ1n) is 7.56. The van der Waals surface area contributed by atoms with Gasteiger partial charge in [0, 0.05) is 16.0 Å². The van der Waals surface area contributed by atoms with Gasteiger partial charge in [-0.05, 0) is 37.1 Å². The Kier molecular flexibility index (Phi) is 4.69. The van der Waals surface area contributed by atoms with Gasteiger partial charge in [0.15, 0.2) is 0 Å². The maximum absolute atomic E-state index is 12.0. The molecule has 0 aliphatic rings. The van der Waals surface area contributed by atoms with Crippen molar-refractivity contribution < 1.29 is 9.53 Å². The van der Waals surface area contributed by atoms with Gasteiger partial charge in [-0.1, -0.05) is 24.6 Å². The molecule has 2 heterocycles. The van der Waals surface area contributed by atoms with Crippen molar-refractivity contribution in [3.05, 3.63) is 39.7 Å². The zero-order valence-electron chi connectivity index (χ0n) is 13.3. The highest BCUT2D eigenvalue weighted by molar-refractivity contribution is 7.20. The smallest absolute Gasteiger partial charge is 0.348 e. The van der Waals surface area contributed by atoms with E-state index in [4.69, 9.17) is 22.1 Å². The molecule has 0 unspecified atom stereocenters. The van der Waals surface area contributed by atoms with Gasteiger partial charge in [0.25, 0.3) is 0 Å². The van der Waals surface area contributed by atoms with Crippen LogP contribution in [0.15, 0.2) is 24.3 Å². The number of esters is 1. The third-order valence-electron chi connectivity index (χ3n) is 3.59. The molecule has 2 N–H and O–H groups in total. The van der Waals surface area contributed by atoms with E-state index < -0.39 is 0 Å². The van der Waals surface area contributed by atoms with E-state index in [1.807, 2.05) is 18.2 Å². The number of aryl methyl sites for hydroxylation is 1. The van der Waals surface area contributed by atoms with Crippen molar-refractivity contribution in [2.24, 2.45) is 0 Å². The van der Waals surface area contributed by atoms with Crippen molar-refractivity contribution in [1.82, 2.24) is 9.97 Å². The summed E-state index contributed by atoms with van der Waals surface area (Å²) in [5.74, 6) is -0.205. The van der Waals surface area contributed by atoms with Crippen LogP contribution in [-0.2, 0) is 11.2 Å². The Balaban J connectivity index is 2.24. The lowest BCUT2D eigenvalue weighted by molar-refractivity contribution is 0.0532. The number of rotatable bonds is 4. The Morgan fingerprint density at radius 1 is 1.29 bits per heavy atom. The minimum absolute atomic E-state index is 0.164. The van der Waals surface area contributed by atoms with E-state index in [0.29, 0.717) is 27.0 Å². The number of nitrogens with zero attached hydrogens (tertiary/aromatic N) is 2. The first kappa shape index (κ1) is 16.7. The topological polar surface area (TPSA) is 78.1 Å². The molecular formula is C17H16ClN3O2S. The maximum atomic E-state index is 12.0. The number of halogens is 1. The number of anilines is 1. The molecule has 0 amide bonds. The number of nitrogen functional groups attached to an aromatic ring is 1. The number of aromatic nitrogens is 2. The van der Waals surface area contributed by atoms with Crippen molar-refractivity contribution >= 4 is 45.1 Å². The molecule has 0 aliphatic carbocycles. The maximum Gasteiger partial charge on any atom is 0.348 e. The van der Waals surface area contributed by atoms with Crippen molar-refractivity contribution in [3.8, 4) is 11.3 Å². The fourth-order valence-corrected chi connectivity index (χ4v) is 3.63. The molecule has 24 heavy (non-hydrogen) atoms. The highest BCUT2D eigenvalue weighted by atomic mass is 35.5. The summed E-state index contributed by atoms with van der Waals surface area (Å²) in [6, 6.07) is 7.44. The number of thiophene rings is 1. The average molecular weight is 362 g/mol. The molecule has 2 aromatic heterocycles. The molecule has 7 heteroatoms. The lowest BCUT2D eigenvalue weighted by Crippen LogP contribution is -2.01. The fraction of sp³-hybridized carbons (Fsp3) is 0.235. The highest BCUT2D eigenvalue weighted by Gasteiger charge is 2.18. The third-order valence-corrected chi connectivity index (χ3v) is 4.84. The van der Waals surface area contributed by atoms with Crippen LogP contribution in [0.2, 0.25) is 5.02 Å². The number of fused-ring (bicyclic) bond motifs is 1. The van der Waals surface area contributed by atoms with Gasteiger partial charge in [-0.25, -0.2) is 14.8 Å². The summed E-state index contributed by atoms with van der Waals surface area (Å²) in [7, 11) is 0. The molecule has 0 spiro atoms. The number of hydrogen-bond donors (Lipinski definition) is 1. The molecule has 0 saturated heterocycles. The van der Waals surface area contributed by atoms with Gasteiger partial charge < -0.3 is 10.5 Å². The quantitative estimate of drug-likeness (QED) is 0.699. The van der Waals surface area contributed by atoms with E-state index in [1.165, 1.54) is 11.3 Å². The van der Waals surface area contributed by atoms with Crippen LogP contribution in [0.3, 0.4) is 0 Å². The zero-order valence-corrected chi connectivity index (χ0v) is 14.9. The normalized spacial score (nSPS) is 11.0. The molecule has 0 fully saturated rings. The summed E-state index contributed by atoms with van der Waals surface area (Å²) in [5, 5.41) is 1.39. The predicted molar refractivity (Wildman–Crippen MR) is 97.6 cm³/mol. The van der Waals surface area contributed by atoms with E-state index in [-0.39, 0.29) is 11.9 Å². The summed E-state index contributed by atoms with van der Waals surface area (Å²) in [4.78, 5) is 21.8. The first-order valence-corrected chi connectivity index (χ1v) is 8.75. The van der Waals surface area contributed by atoms with E-state index in [1.54, 1.807) is 13.0 Å². The van der Waals surface area contributed by atoms with Gasteiger partial charge in [0.2, 0.25) is 5.95 Å². The van der Waals surface area contributed by atoms with Crippen molar-refractivity contribution in [1.29, 1.82) is 0 Å². The van der Waals surface area contributed by atoms with E-state index in [9.17, 15) is 4.79 Å². The third kappa shape index (κ3) is 3.07. The van der Waals surface area contributed by atoms with Crippen LogP contribution in [0.4, 0.5) is 5.95 Å². The molecule has 0 saturated carbocycles. The minimum atomic E-state index is -0.369.